The molecule has 1 fully saturated rings. The molecule has 1 aliphatic rings. The van der Waals surface area contributed by atoms with Crippen molar-refractivity contribution in [2.75, 3.05) is 19.7 Å². The summed E-state index contributed by atoms with van der Waals surface area (Å²) in [6, 6.07) is 3.95. The lowest BCUT2D eigenvalue weighted by molar-refractivity contribution is 0.0723. The van der Waals surface area contributed by atoms with Crippen LogP contribution in [0.4, 0.5) is 0 Å². The number of carbonyl (C=O) groups is 1. The summed E-state index contributed by atoms with van der Waals surface area (Å²) in [5.41, 5.74) is 2.86. The van der Waals surface area contributed by atoms with Crippen LogP contribution >= 0.6 is 0 Å². The monoisotopic (exact) mass is 261 g/mol. The Bertz CT molecular complexity index is 462. The Labute approximate surface area is 115 Å². The van der Waals surface area contributed by atoms with Crippen LogP contribution < -0.4 is 4.74 Å². The molecule has 0 aromatic heterocycles. The van der Waals surface area contributed by atoms with E-state index in [-0.39, 0.29) is 5.91 Å². The molecule has 1 aliphatic heterocycles. The van der Waals surface area contributed by atoms with Gasteiger partial charge in [0.05, 0.1) is 6.61 Å². The number of nitrogens with zero attached hydrogens (tertiary/aromatic N) is 1. The molecule has 0 N–H and O–H groups in total. The molecule has 104 valence electrons. The maximum atomic E-state index is 12.5. The van der Waals surface area contributed by atoms with Crippen LogP contribution in [0.15, 0.2) is 12.1 Å². The number of aryl methyl sites for hydroxylation is 2. The first kappa shape index (κ1) is 13.9. The van der Waals surface area contributed by atoms with Crippen LogP contribution in [-0.2, 0) is 0 Å². The minimum absolute atomic E-state index is 0.170. The Morgan fingerprint density at radius 3 is 2.47 bits per heavy atom. The SMILES string of the molecule is CCOc1cc(C)c(C(=O)N2CCCCC2)cc1C. The quantitative estimate of drug-likeness (QED) is 0.835. The largest absolute Gasteiger partial charge is 0.494 e. The van der Waals surface area contributed by atoms with Crippen molar-refractivity contribution in [2.24, 2.45) is 0 Å². The van der Waals surface area contributed by atoms with Crippen molar-refractivity contribution in [1.82, 2.24) is 4.90 Å². The second-order valence-corrected chi connectivity index (χ2v) is 5.22. The highest BCUT2D eigenvalue weighted by atomic mass is 16.5. The Kier molecular flexibility index (Phi) is 4.46. The van der Waals surface area contributed by atoms with Crippen LogP contribution in [0.1, 0.15) is 47.7 Å². The number of amides is 1. The summed E-state index contributed by atoms with van der Waals surface area (Å²) in [6.07, 6.45) is 3.49. The summed E-state index contributed by atoms with van der Waals surface area (Å²) in [5.74, 6) is 1.05. The van der Waals surface area contributed by atoms with Gasteiger partial charge in [-0.05, 0) is 63.3 Å². The normalized spacial score (nSPS) is 15.4. The van der Waals surface area contributed by atoms with Crippen molar-refractivity contribution in [3.05, 3.63) is 28.8 Å². The number of ether oxygens (including phenoxy) is 1. The van der Waals surface area contributed by atoms with E-state index < -0.39 is 0 Å². The average molecular weight is 261 g/mol. The molecule has 1 heterocycles. The summed E-state index contributed by atoms with van der Waals surface area (Å²) in [7, 11) is 0. The highest BCUT2D eigenvalue weighted by molar-refractivity contribution is 5.96. The third-order valence-corrected chi connectivity index (χ3v) is 3.70. The zero-order valence-corrected chi connectivity index (χ0v) is 12.2. The van der Waals surface area contributed by atoms with Crippen LogP contribution in [-0.4, -0.2) is 30.5 Å². The zero-order valence-electron chi connectivity index (χ0n) is 12.2. The molecular weight excluding hydrogens is 238 g/mol. The molecule has 0 atom stereocenters. The van der Waals surface area contributed by atoms with Crippen molar-refractivity contribution >= 4 is 5.91 Å². The van der Waals surface area contributed by atoms with Crippen LogP contribution in [0.5, 0.6) is 5.75 Å². The first-order valence-corrected chi connectivity index (χ1v) is 7.16. The molecule has 1 aromatic carbocycles. The van der Waals surface area contributed by atoms with Crippen molar-refractivity contribution in [3.8, 4) is 5.75 Å². The minimum atomic E-state index is 0.170. The number of rotatable bonds is 3. The number of hydrogen-bond donors (Lipinski definition) is 0. The Hall–Kier alpha value is -1.51. The predicted octanol–water partition coefficient (Wildman–Crippen LogP) is 3.33. The van der Waals surface area contributed by atoms with E-state index in [1.165, 1.54) is 6.42 Å². The molecule has 0 saturated carbocycles. The fourth-order valence-electron chi connectivity index (χ4n) is 2.60. The fourth-order valence-corrected chi connectivity index (χ4v) is 2.60. The summed E-state index contributed by atoms with van der Waals surface area (Å²) < 4.78 is 5.57. The number of hydrogen-bond acceptors (Lipinski definition) is 2. The van der Waals surface area contributed by atoms with Gasteiger partial charge >= 0.3 is 0 Å². The summed E-state index contributed by atoms with van der Waals surface area (Å²) in [4.78, 5) is 14.5. The third-order valence-electron chi connectivity index (χ3n) is 3.70. The van der Waals surface area contributed by atoms with Crippen LogP contribution in [0, 0.1) is 13.8 Å². The summed E-state index contributed by atoms with van der Waals surface area (Å²) in [6.45, 7) is 8.40. The van der Waals surface area contributed by atoms with Gasteiger partial charge in [0.15, 0.2) is 0 Å². The van der Waals surface area contributed by atoms with Gasteiger partial charge in [0.2, 0.25) is 0 Å². The summed E-state index contributed by atoms with van der Waals surface area (Å²) >= 11 is 0. The van der Waals surface area contributed by atoms with E-state index in [1.54, 1.807) is 0 Å². The van der Waals surface area contributed by atoms with E-state index in [1.807, 2.05) is 37.8 Å². The van der Waals surface area contributed by atoms with E-state index in [4.69, 9.17) is 4.74 Å². The maximum Gasteiger partial charge on any atom is 0.254 e. The first-order valence-electron chi connectivity index (χ1n) is 7.16. The highest BCUT2D eigenvalue weighted by Crippen LogP contribution is 2.24. The van der Waals surface area contributed by atoms with Gasteiger partial charge in [-0.25, -0.2) is 0 Å². The number of piperidine rings is 1. The second-order valence-electron chi connectivity index (χ2n) is 5.22. The minimum Gasteiger partial charge on any atom is -0.494 e. The van der Waals surface area contributed by atoms with E-state index in [9.17, 15) is 4.79 Å². The van der Waals surface area contributed by atoms with Crippen LogP contribution in [0.2, 0.25) is 0 Å². The Morgan fingerprint density at radius 2 is 1.84 bits per heavy atom. The number of carbonyl (C=O) groups excluding carboxylic acids is 1. The van der Waals surface area contributed by atoms with Gasteiger partial charge in [0.25, 0.3) is 5.91 Å². The smallest absolute Gasteiger partial charge is 0.254 e. The Balaban J connectivity index is 2.24. The van der Waals surface area contributed by atoms with E-state index >= 15 is 0 Å². The first-order chi connectivity index (χ1) is 9.13. The van der Waals surface area contributed by atoms with Crippen molar-refractivity contribution in [3.63, 3.8) is 0 Å². The zero-order chi connectivity index (χ0) is 13.8. The molecule has 2 rings (SSSR count). The molecule has 0 spiro atoms. The van der Waals surface area contributed by atoms with Gasteiger partial charge in [-0.15, -0.1) is 0 Å². The maximum absolute atomic E-state index is 12.5. The predicted molar refractivity (Wildman–Crippen MR) is 76.8 cm³/mol. The van der Waals surface area contributed by atoms with Gasteiger partial charge in [0, 0.05) is 18.7 Å². The molecule has 19 heavy (non-hydrogen) atoms. The van der Waals surface area contributed by atoms with E-state index in [0.29, 0.717) is 6.61 Å². The lowest BCUT2D eigenvalue weighted by Crippen LogP contribution is -2.36. The lowest BCUT2D eigenvalue weighted by atomic mass is 10.0. The molecule has 3 nitrogen and oxygen atoms in total. The van der Waals surface area contributed by atoms with Crippen LogP contribution in [0.25, 0.3) is 0 Å². The Morgan fingerprint density at radius 1 is 1.16 bits per heavy atom. The molecule has 0 radical (unpaired) electrons. The van der Waals surface area contributed by atoms with Gasteiger partial charge in [0.1, 0.15) is 5.75 Å². The molecule has 0 bridgehead atoms. The molecule has 3 heteroatoms. The van der Waals surface area contributed by atoms with Gasteiger partial charge < -0.3 is 9.64 Å². The number of benzene rings is 1. The highest BCUT2D eigenvalue weighted by Gasteiger charge is 2.20. The molecule has 0 unspecified atom stereocenters. The topological polar surface area (TPSA) is 29.5 Å². The van der Waals surface area contributed by atoms with Gasteiger partial charge in [-0.1, -0.05) is 0 Å². The fraction of sp³-hybridized carbons (Fsp3) is 0.562. The van der Waals surface area contributed by atoms with Gasteiger partial charge in [-0.3, -0.25) is 4.79 Å². The molecule has 1 amide bonds. The molecule has 0 aliphatic carbocycles. The lowest BCUT2D eigenvalue weighted by Gasteiger charge is -2.27. The van der Waals surface area contributed by atoms with Crippen LogP contribution in [0.3, 0.4) is 0 Å². The number of likely N-dealkylation sites (tertiary alicyclic amines) is 1. The molecule has 1 aromatic rings. The second kappa shape index (κ2) is 6.09. The van der Waals surface area contributed by atoms with E-state index in [2.05, 4.69) is 0 Å². The third kappa shape index (κ3) is 3.09. The standard InChI is InChI=1S/C16H23NO2/c1-4-19-15-11-12(2)14(10-13(15)3)16(18)17-8-6-5-7-9-17/h10-11H,4-9H2,1-3H3. The van der Waals surface area contributed by atoms with E-state index in [0.717, 1.165) is 48.4 Å². The van der Waals surface area contributed by atoms with Crippen molar-refractivity contribution in [2.45, 2.75) is 40.0 Å². The van der Waals surface area contributed by atoms with Gasteiger partial charge in [-0.2, -0.15) is 0 Å². The van der Waals surface area contributed by atoms with Crippen molar-refractivity contribution < 1.29 is 9.53 Å². The molecule has 1 saturated heterocycles. The average Bonchev–Trinajstić information content (AvgIpc) is 2.43. The van der Waals surface area contributed by atoms with Crippen molar-refractivity contribution in [1.29, 1.82) is 0 Å². The summed E-state index contributed by atoms with van der Waals surface area (Å²) in [5, 5.41) is 0. The molecular formula is C16H23NO2.